The average molecular weight is 374 g/mol. The van der Waals surface area contributed by atoms with Gasteiger partial charge in [-0.25, -0.2) is 0 Å². The Kier molecular flexibility index (Phi) is 6.72. The highest BCUT2D eigenvalue weighted by atomic mass is 32.2. The van der Waals surface area contributed by atoms with Crippen molar-refractivity contribution in [2.45, 2.75) is 69.5 Å². The Balaban J connectivity index is 1.73. The maximum absolute atomic E-state index is 12.2. The number of hydrogen-bond acceptors (Lipinski definition) is 5. The standard InChI is InChI=1S/C20H27N3O2S/c1-15(2)12-13-23-19(14-25-16-8-4-3-5-9-16)21-22-20(23)26-18-11-7-6-10-17(18)24/h3-5,8-9,15,18H,6-7,10-14H2,1-2H3. The Morgan fingerprint density at radius 3 is 2.77 bits per heavy atom. The summed E-state index contributed by atoms with van der Waals surface area (Å²) in [5.74, 6) is 2.58. The van der Waals surface area contributed by atoms with Crippen LogP contribution >= 0.6 is 11.8 Å². The summed E-state index contributed by atoms with van der Waals surface area (Å²) in [6, 6.07) is 9.74. The second-order valence-corrected chi connectivity index (χ2v) is 8.32. The highest BCUT2D eigenvalue weighted by molar-refractivity contribution is 8.00. The number of aromatic nitrogens is 3. The van der Waals surface area contributed by atoms with Crippen molar-refractivity contribution in [3.63, 3.8) is 0 Å². The molecule has 0 aliphatic heterocycles. The fraction of sp³-hybridized carbons (Fsp3) is 0.550. The van der Waals surface area contributed by atoms with Crippen LogP contribution < -0.4 is 4.74 Å². The van der Waals surface area contributed by atoms with Crippen LogP contribution in [0.3, 0.4) is 0 Å². The van der Waals surface area contributed by atoms with Gasteiger partial charge in [-0.2, -0.15) is 0 Å². The number of rotatable bonds is 8. The topological polar surface area (TPSA) is 57.0 Å². The molecule has 140 valence electrons. The first-order valence-corrected chi connectivity index (χ1v) is 10.3. The summed E-state index contributed by atoms with van der Waals surface area (Å²) in [4.78, 5) is 12.2. The smallest absolute Gasteiger partial charge is 0.192 e. The lowest BCUT2D eigenvalue weighted by molar-refractivity contribution is -0.119. The normalized spacial score (nSPS) is 17.7. The minimum atomic E-state index is 0.0219. The number of ketones is 1. The monoisotopic (exact) mass is 373 g/mol. The molecule has 0 saturated heterocycles. The Bertz CT molecular complexity index is 715. The van der Waals surface area contributed by atoms with Crippen molar-refractivity contribution in [2.24, 2.45) is 5.92 Å². The first kappa shape index (κ1) is 19.0. The van der Waals surface area contributed by atoms with Crippen LogP contribution in [0.5, 0.6) is 5.75 Å². The molecule has 0 spiro atoms. The molecule has 3 rings (SSSR count). The lowest BCUT2D eigenvalue weighted by Gasteiger charge is -2.20. The molecule has 1 aliphatic rings. The van der Waals surface area contributed by atoms with Crippen molar-refractivity contribution in [3.8, 4) is 5.75 Å². The molecule has 1 aromatic carbocycles. The van der Waals surface area contributed by atoms with E-state index >= 15 is 0 Å². The number of ether oxygens (including phenoxy) is 1. The number of thioether (sulfide) groups is 1. The molecule has 0 bridgehead atoms. The van der Waals surface area contributed by atoms with E-state index in [4.69, 9.17) is 4.74 Å². The van der Waals surface area contributed by atoms with Crippen LogP contribution in [0.15, 0.2) is 35.5 Å². The molecule has 1 heterocycles. The van der Waals surface area contributed by atoms with Crippen molar-refractivity contribution in [3.05, 3.63) is 36.2 Å². The zero-order valence-corrected chi connectivity index (χ0v) is 16.4. The maximum atomic E-state index is 12.2. The highest BCUT2D eigenvalue weighted by Gasteiger charge is 2.26. The van der Waals surface area contributed by atoms with Crippen LogP contribution in [-0.2, 0) is 17.9 Å². The Labute approximate surface area is 159 Å². The predicted octanol–water partition coefficient (Wildman–Crippen LogP) is 4.51. The third-order valence-corrected chi connectivity index (χ3v) is 5.88. The van der Waals surface area contributed by atoms with Gasteiger partial charge >= 0.3 is 0 Å². The van der Waals surface area contributed by atoms with E-state index in [9.17, 15) is 4.79 Å². The molecule has 1 unspecified atom stereocenters. The Morgan fingerprint density at radius 1 is 1.23 bits per heavy atom. The third-order valence-electron chi connectivity index (χ3n) is 4.58. The largest absolute Gasteiger partial charge is 0.486 e. The van der Waals surface area contributed by atoms with Gasteiger partial charge in [-0.05, 0) is 37.3 Å². The van der Waals surface area contributed by atoms with Gasteiger partial charge in [-0.1, -0.05) is 50.2 Å². The molecule has 6 heteroatoms. The zero-order valence-electron chi connectivity index (χ0n) is 15.6. The van der Waals surface area contributed by atoms with Crippen molar-refractivity contribution in [1.29, 1.82) is 0 Å². The van der Waals surface area contributed by atoms with Crippen molar-refractivity contribution in [1.82, 2.24) is 14.8 Å². The molecule has 2 aromatic rings. The van der Waals surface area contributed by atoms with E-state index in [-0.39, 0.29) is 5.25 Å². The number of nitrogens with zero attached hydrogens (tertiary/aromatic N) is 3. The summed E-state index contributed by atoms with van der Waals surface area (Å²) in [6.07, 6.45) is 4.82. The van der Waals surface area contributed by atoms with Crippen LogP contribution in [0.2, 0.25) is 0 Å². The van der Waals surface area contributed by atoms with Crippen LogP contribution in [0.4, 0.5) is 0 Å². The molecule has 1 atom stereocenters. The van der Waals surface area contributed by atoms with Gasteiger partial charge in [0.05, 0.1) is 5.25 Å². The van der Waals surface area contributed by atoms with E-state index in [0.29, 0.717) is 24.7 Å². The SMILES string of the molecule is CC(C)CCn1c(COc2ccccc2)nnc1SC1CCCCC1=O. The van der Waals surface area contributed by atoms with Gasteiger partial charge in [0.1, 0.15) is 18.1 Å². The predicted molar refractivity (Wildman–Crippen MR) is 103 cm³/mol. The van der Waals surface area contributed by atoms with Crippen molar-refractivity contribution < 1.29 is 9.53 Å². The number of carbonyl (C=O) groups is 1. The van der Waals surface area contributed by atoms with Crippen LogP contribution in [-0.4, -0.2) is 25.8 Å². The molecule has 5 nitrogen and oxygen atoms in total. The summed E-state index contributed by atoms with van der Waals surface area (Å²) in [5.41, 5.74) is 0. The third kappa shape index (κ3) is 5.10. The fourth-order valence-corrected chi connectivity index (χ4v) is 4.19. The molecule has 0 N–H and O–H groups in total. The van der Waals surface area contributed by atoms with E-state index in [2.05, 4.69) is 28.6 Å². The highest BCUT2D eigenvalue weighted by Crippen LogP contribution is 2.31. The number of benzene rings is 1. The fourth-order valence-electron chi connectivity index (χ4n) is 2.99. The second kappa shape index (κ2) is 9.21. The number of para-hydroxylation sites is 1. The maximum Gasteiger partial charge on any atom is 0.192 e. The minimum Gasteiger partial charge on any atom is -0.486 e. The summed E-state index contributed by atoms with van der Waals surface area (Å²) in [7, 11) is 0. The van der Waals surface area contributed by atoms with Gasteiger partial charge in [-0.3, -0.25) is 4.79 Å². The first-order valence-electron chi connectivity index (χ1n) is 9.43. The first-order chi connectivity index (χ1) is 12.6. The van der Waals surface area contributed by atoms with E-state index in [1.165, 1.54) is 0 Å². The van der Waals surface area contributed by atoms with E-state index < -0.39 is 0 Å². The Hall–Kier alpha value is -1.82. The van der Waals surface area contributed by atoms with Gasteiger partial charge in [0.15, 0.2) is 11.0 Å². The number of hydrogen-bond donors (Lipinski definition) is 0. The summed E-state index contributed by atoms with van der Waals surface area (Å²) in [5, 5.41) is 9.60. The van der Waals surface area contributed by atoms with Gasteiger partial charge in [-0.15, -0.1) is 10.2 Å². The zero-order chi connectivity index (χ0) is 18.4. The molecular formula is C20H27N3O2S. The molecule has 1 fully saturated rings. The minimum absolute atomic E-state index is 0.0219. The van der Waals surface area contributed by atoms with E-state index in [1.807, 2.05) is 30.3 Å². The summed E-state index contributed by atoms with van der Waals surface area (Å²) >= 11 is 1.58. The lowest BCUT2D eigenvalue weighted by Crippen LogP contribution is -2.22. The molecule has 1 saturated carbocycles. The number of carbonyl (C=O) groups excluding carboxylic acids is 1. The quantitative estimate of drug-likeness (QED) is 0.681. The van der Waals surface area contributed by atoms with Gasteiger partial charge in [0.2, 0.25) is 0 Å². The summed E-state index contributed by atoms with van der Waals surface area (Å²) in [6.45, 7) is 5.65. The van der Waals surface area contributed by atoms with E-state index in [1.54, 1.807) is 11.8 Å². The van der Waals surface area contributed by atoms with Gasteiger partial charge in [0.25, 0.3) is 0 Å². The van der Waals surface area contributed by atoms with Crippen LogP contribution in [0.1, 0.15) is 51.8 Å². The molecule has 0 radical (unpaired) electrons. The van der Waals surface area contributed by atoms with Crippen molar-refractivity contribution >= 4 is 17.5 Å². The number of Topliss-reactive ketones (excluding diaryl/α,β-unsaturated/α-hetero) is 1. The average Bonchev–Trinajstić information content (AvgIpc) is 3.02. The van der Waals surface area contributed by atoms with Crippen molar-refractivity contribution in [2.75, 3.05) is 0 Å². The second-order valence-electron chi connectivity index (χ2n) is 7.15. The molecule has 26 heavy (non-hydrogen) atoms. The molecular weight excluding hydrogens is 346 g/mol. The molecule has 1 aliphatic carbocycles. The molecule has 1 aromatic heterocycles. The van der Waals surface area contributed by atoms with Gasteiger partial charge < -0.3 is 9.30 Å². The summed E-state index contributed by atoms with van der Waals surface area (Å²) < 4.78 is 8.00. The van der Waals surface area contributed by atoms with Gasteiger partial charge in [0, 0.05) is 13.0 Å². The van der Waals surface area contributed by atoms with Crippen LogP contribution in [0, 0.1) is 5.92 Å². The Morgan fingerprint density at radius 2 is 2.04 bits per heavy atom. The lowest BCUT2D eigenvalue weighted by atomic mass is 9.99. The molecule has 0 amide bonds. The van der Waals surface area contributed by atoms with E-state index in [0.717, 1.165) is 49.0 Å². The van der Waals surface area contributed by atoms with Crippen LogP contribution in [0.25, 0.3) is 0 Å².